The van der Waals surface area contributed by atoms with Crippen molar-refractivity contribution in [1.29, 1.82) is 0 Å². The van der Waals surface area contributed by atoms with E-state index in [4.69, 9.17) is 9.47 Å². The molecule has 0 saturated carbocycles. The molecule has 31 heavy (non-hydrogen) atoms. The van der Waals surface area contributed by atoms with E-state index in [1.807, 2.05) is 0 Å². The summed E-state index contributed by atoms with van der Waals surface area (Å²) in [5.41, 5.74) is 0.701. The first kappa shape index (κ1) is 22.5. The third-order valence-electron chi connectivity index (χ3n) is 3.92. The van der Waals surface area contributed by atoms with E-state index in [9.17, 15) is 31.1 Å². The quantitative estimate of drug-likeness (QED) is 0.673. The lowest BCUT2D eigenvalue weighted by Gasteiger charge is -2.18. The Bertz CT molecular complexity index is 970. The monoisotopic (exact) mass is 452 g/mol. The van der Waals surface area contributed by atoms with Crippen LogP contribution in [0.15, 0.2) is 22.9 Å². The maximum absolute atomic E-state index is 12.5. The second kappa shape index (κ2) is 8.91. The molecule has 0 saturated heterocycles. The summed E-state index contributed by atoms with van der Waals surface area (Å²) in [5, 5.41) is 5.04. The molecular formula is C17H14F6N4O4. The zero-order chi connectivity index (χ0) is 22.6. The van der Waals surface area contributed by atoms with Gasteiger partial charge in [-0.25, -0.2) is 4.98 Å². The number of carbonyl (C=O) groups excluding carboxylic acids is 1. The van der Waals surface area contributed by atoms with Crippen LogP contribution in [0.2, 0.25) is 0 Å². The van der Waals surface area contributed by atoms with Crippen molar-refractivity contribution in [3.8, 4) is 5.88 Å². The molecule has 1 aliphatic heterocycles. The molecule has 1 aliphatic rings. The van der Waals surface area contributed by atoms with Crippen molar-refractivity contribution in [2.24, 2.45) is 0 Å². The van der Waals surface area contributed by atoms with Crippen molar-refractivity contribution in [1.82, 2.24) is 20.4 Å². The molecule has 2 aromatic rings. The van der Waals surface area contributed by atoms with Gasteiger partial charge in [0.1, 0.15) is 0 Å². The lowest BCUT2D eigenvalue weighted by atomic mass is 10.0. The Morgan fingerprint density at radius 2 is 2.00 bits per heavy atom. The molecule has 0 radical (unpaired) electrons. The van der Waals surface area contributed by atoms with Crippen LogP contribution in [-0.4, -0.2) is 47.0 Å². The third kappa shape index (κ3) is 6.16. The lowest BCUT2D eigenvalue weighted by Crippen LogP contribution is -2.24. The molecule has 0 atom stereocenters. The van der Waals surface area contributed by atoms with Crippen molar-refractivity contribution in [3.05, 3.63) is 41.2 Å². The van der Waals surface area contributed by atoms with E-state index in [0.29, 0.717) is 18.6 Å². The van der Waals surface area contributed by atoms with Crippen LogP contribution in [-0.2, 0) is 17.5 Å². The number of aromatic nitrogens is 3. The fourth-order valence-corrected chi connectivity index (χ4v) is 2.54. The minimum absolute atomic E-state index is 0.0580. The molecule has 2 aromatic heterocycles. The summed E-state index contributed by atoms with van der Waals surface area (Å²) in [4.78, 5) is 19.3. The standard InChI is InChI=1S/C17H14F6N4O4/c18-16(19,20)8-30-14-11(9-1-3-29-4-2-9)5-10(6-25-14)13(28)24-7-12-26-15(27-31-12)17(21,22)23/h1,5-6H,2-4,7-8H2,(H,24,28). The van der Waals surface area contributed by atoms with E-state index in [2.05, 4.69) is 25.0 Å². The maximum atomic E-state index is 12.5. The largest absolute Gasteiger partial charge is 0.468 e. The van der Waals surface area contributed by atoms with Crippen molar-refractivity contribution in [2.75, 3.05) is 19.8 Å². The van der Waals surface area contributed by atoms with Crippen LogP contribution in [0.1, 0.15) is 34.1 Å². The van der Waals surface area contributed by atoms with Crippen LogP contribution < -0.4 is 10.1 Å². The maximum Gasteiger partial charge on any atom is 0.455 e. The molecule has 0 aliphatic carbocycles. The first-order chi connectivity index (χ1) is 14.5. The fourth-order valence-electron chi connectivity index (χ4n) is 2.54. The highest BCUT2D eigenvalue weighted by Crippen LogP contribution is 2.30. The molecule has 0 fully saturated rings. The molecule has 3 rings (SSSR count). The van der Waals surface area contributed by atoms with Crippen LogP contribution >= 0.6 is 0 Å². The van der Waals surface area contributed by atoms with Crippen molar-refractivity contribution < 1.29 is 45.1 Å². The number of rotatable bonds is 6. The van der Waals surface area contributed by atoms with Crippen LogP contribution in [0.25, 0.3) is 5.57 Å². The second-order valence-electron chi connectivity index (χ2n) is 6.23. The SMILES string of the molecule is O=C(NCc1nc(C(F)(F)F)no1)c1cnc(OCC(F)(F)F)c(C2=CCOCC2)c1. The number of halogens is 6. The van der Waals surface area contributed by atoms with Gasteiger partial charge < -0.3 is 19.3 Å². The number of amides is 1. The molecule has 14 heteroatoms. The Morgan fingerprint density at radius 3 is 2.61 bits per heavy atom. The van der Waals surface area contributed by atoms with Gasteiger partial charge in [-0.2, -0.15) is 31.3 Å². The van der Waals surface area contributed by atoms with Crippen LogP contribution in [0.5, 0.6) is 5.88 Å². The molecule has 1 amide bonds. The molecule has 168 valence electrons. The third-order valence-corrected chi connectivity index (χ3v) is 3.92. The predicted octanol–water partition coefficient (Wildman–Crippen LogP) is 3.16. The molecule has 0 aromatic carbocycles. The van der Waals surface area contributed by atoms with E-state index in [1.54, 1.807) is 6.08 Å². The summed E-state index contributed by atoms with van der Waals surface area (Å²) in [6, 6.07) is 1.28. The Labute approximate surface area is 170 Å². The van der Waals surface area contributed by atoms with Crippen molar-refractivity contribution >= 4 is 11.5 Å². The molecule has 0 bridgehead atoms. The Kier molecular flexibility index (Phi) is 6.48. The van der Waals surface area contributed by atoms with Gasteiger partial charge in [-0.05, 0) is 18.1 Å². The van der Waals surface area contributed by atoms with Gasteiger partial charge in [-0.15, -0.1) is 0 Å². The average Bonchev–Trinajstić information content (AvgIpc) is 3.20. The summed E-state index contributed by atoms with van der Waals surface area (Å²) < 4.78 is 89.4. The average molecular weight is 452 g/mol. The Morgan fingerprint density at radius 1 is 1.23 bits per heavy atom. The number of nitrogens with zero attached hydrogens (tertiary/aromatic N) is 3. The van der Waals surface area contributed by atoms with Gasteiger partial charge in [0.05, 0.1) is 25.3 Å². The summed E-state index contributed by atoms with van der Waals surface area (Å²) in [6.07, 6.45) is -6.41. The highest BCUT2D eigenvalue weighted by atomic mass is 19.4. The Balaban J connectivity index is 1.76. The summed E-state index contributed by atoms with van der Waals surface area (Å²) in [6.45, 7) is -1.52. The minimum atomic E-state index is -4.80. The van der Waals surface area contributed by atoms with Gasteiger partial charge >= 0.3 is 12.4 Å². The molecule has 1 N–H and O–H groups in total. The zero-order valence-electron chi connectivity index (χ0n) is 15.5. The molecular weight excluding hydrogens is 438 g/mol. The number of hydrogen-bond donors (Lipinski definition) is 1. The first-order valence-corrected chi connectivity index (χ1v) is 8.67. The molecule has 0 spiro atoms. The van der Waals surface area contributed by atoms with Gasteiger partial charge in [0.2, 0.25) is 11.8 Å². The number of ether oxygens (including phenoxy) is 2. The van der Waals surface area contributed by atoms with Gasteiger partial charge in [0.25, 0.3) is 11.7 Å². The van der Waals surface area contributed by atoms with E-state index in [-0.39, 0.29) is 23.6 Å². The highest BCUT2D eigenvalue weighted by Gasteiger charge is 2.37. The van der Waals surface area contributed by atoms with Gasteiger partial charge in [-0.1, -0.05) is 11.2 Å². The Hall–Kier alpha value is -3.16. The number of nitrogens with one attached hydrogen (secondary N) is 1. The molecule has 8 nitrogen and oxygen atoms in total. The number of carbonyl (C=O) groups is 1. The van der Waals surface area contributed by atoms with E-state index in [0.717, 1.165) is 6.20 Å². The zero-order valence-corrected chi connectivity index (χ0v) is 15.5. The topological polar surface area (TPSA) is 99.4 Å². The summed E-state index contributed by atoms with van der Waals surface area (Å²) >= 11 is 0. The summed E-state index contributed by atoms with van der Waals surface area (Å²) in [7, 11) is 0. The van der Waals surface area contributed by atoms with Gasteiger partial charge in [0, 0.05) is 11.8 Å². The van der Waals surface area contributed by atoms with Crippen molar-refractivity contribution in [3.63, 3.8) is 0 Å². The number of alkyl halides is 6. The van der Waals surface area contributed by atoms with Gasteiger partial charge in [-0.3, -0.25) is 4.79 Å². The number of pyridine rings is 1. The van der Waals surface area contributed by atoms with Crippen molar-refractivity contribution in [2.45, 2.75) is 25.3 Å². The van der Waals surface area contributed by atoms with Gasteiger partial charge in [0.15, 0.2) is 6.61 Å². The normalized spacial score (nSPS) is 14.8. The fraction of sp³-hybridized carbons (Fsp3) is 0.412. The second-order valence-corrected chi connectivity index (χ2v) is 6.23. The molecule has 0 unspecified atom stereocenters. The van der Waals surface area contributed by atoms with Crippen LogP contribution in [0, 0.1) is 0 Å². The highest BCUT2D eigenvalue weighted by molar-refractivity contribution is 5.95. The van der Waals surface area contributed by atoms with E-state index in [1.165, 1.54) is 6.07 Å². The predicted molar refractivity (Wildman–Crippen MR) is 89.7 cm³/mol. The smallest absolute Gasteiger partial charge is 0.455 e. The van der Waals surface area contributed by atoms with E-state index >= 15 is 0 Å². The van der Waals surface area contributed by atoms with Crippen LogP contribution in [0.4, 0.5) is 26.3 Å². The minimum Gasteiger partial charge on any atom is -0.468 e. The lowest BCUT2D eigenvalue weighted by molar-refractivity contribution is -0.154. The number of hydrogen-bond acceptors (Lipinski definition) is 7. The van der Waals surface area contributed by atoms with E-state index < -0.39 is 43.1 Å². The molecule has 3 heterocycles. The first-order valence-electron chi connectivity index (χ1n) is 8.67. The summed E-state index contributed by atoms with van der Waals surface area (Å²) in [5.74, 6) is -3.05. The van der Waals surface area contributed by atoms with Crippen LogP contribution in [0.3, 0.4) is 0 Å².